The molecule has 156 valence electrons. The van der Waals surface area contributed by atoms with Crippen LogP contribution < -0.4 is 14.8 Å². The Hall–Kier alpha value is -4.13. The average Bonchev–Trinajstić information content (AvgIpc) is 3.24. The molecule has 0 aliphatic heterocycles. The summed E-state index contributed by atoms with van der Waals surface area (Å²) in [5, 5.41) is 7.60. The Bertz CT molecular complexity index is 1170. The van der Waals surface area contributed by atoms with Crippen LogP contribution in [0, 0.1) is 0 Å². The SMILES string of the molecule is COc1ccc(NC(=O)c2cn(Cc3ccccc3)nc2-c2ccccc2OC)cn1. The molecule has 0 saturated heterocycles. The maximum absolute atomic E-state index is 13.2. The number of benzene rings is 2. The van der Waals surface area contributed by atoms with Crippen molar-refractivity contribution >= 4 is 11.6 Å². The van der Waals surface area contributed by atoms with Crippen molar-refractivity contribution in [1.82, 2.24) is 14.8 Å². The molecular weight excluding hydrogens is 392 g/mol. The van der Waals surface area contributed by atoms with E-state index in [0.717, 1.165) is 11.1 Å². The fourth-order valence-electron chi connectivity index (χ4n) is 3.25. The second kappa shape index (κ2) is 9.13. The van der Waals surface area contributed by atoms with Crippen LogP contribution in [0.5, 0.6) is 11.6 Å². The molecule has 31 heavy (non-hydrogen) atoms. The summed E-state index contributed by atoms with van der Waals surface area (Å²) in [5.41, 5.74) is 3.38. The van der Waals surface area contributed by atoms with E-state index in [9.17, 15) is 4.79 Å². The Morgan fingerprint density at radius 2 is 1.74 bits per heavy atom. The van der Waals surface area contributed by atoms with Crippen LogP contribution >= 0.6 is 0 Å². The largest absolute Gasteiger partial charge is 0.496 e. The number of rotatable bonds is 7. The van der Waals surface area contributed by atoms with Crippen LogP contribution in [0.3, 0.4) is 0 Å². The van der Waals surface area contributed by atoms with Gasteiger partial charge < -0.3 is 14.8 Å². The number of nitrogens with zero attached hydrogens (tertiary/aromatic N) is 3. The fraction of sp³-hybridized carbons (Fsp3) is 0.125. The smallest absolute Gasteiger partial charge is 0.259 e. The number of anilines is 1. The summed E-state index contributed by atoms with van der Waals surface area (Å²) in [7, 11) is 3.14. The second-order valence-electron chi connectivity index (χ2n) is 6.82. The second-order valence-corrected chi connectivity index (χ2v) is 6.82. The number of aromatic nitrogens is 3. The minimum Gasteiger partial charge on any atom is -0.496 e. The number of nitrogens with one attached hydrogen (secondary N) is 1. The summed E-state index contributed by atoms with van der Waals surface area (Å²) in [6.07, 6.45) is 3.30. The van der Waals surface area contributed by atoms with E-state index >= 15 is 0 Å². The van der Waals surface area contributed by atoms with Gasteiger partial charge in [-0.3, -0.25) is 9.48 Å². The Kier molecular flexibility index (Phi) is 5.93. The average molecular weight is 414 g/mol. The van der Waals surface area contributed by atoms with E-state index in [0.29, 0.717) is 35.1 Å². The lowest BCUT2D eigenvalue weighted by Gasteiger charge is -2.08. The number of ether oxygens (including phenoxy) is 2. The molecule has 0 bridgehead atoms. The molecule has 2 aromatic heterocycles. The lowest BCUT2D eigenvalue weighted by Crippen LogP contribution is -2.12. The van der Waals surface area contributed by atoms with Gasteiger partial charge in [0, 0.05) is 17.8 Å². The highest BCUT2D eigenvalue weighted by atomic mass is 16.5. The molecule has 0 spiro atoms. The molecule has 1 amide bonds. The minimum absolute atomic E-state index is 0.285. The molecule has 7 nitrogen and oxygen atoms in total. The van der Waals surface area contributed by atoms with Crippen molar-refractivity contribution in [2.75, 3.05) is 19.5 Å². The number of pyridine rings is 1. The fourth-order valence-corrected chi connectivity index (χ4v) is 3.25. The highest BCUT2D eigenvalue weighted by Crippen LogP contribution is 2.31. The first-order valence-corrected chi connectivity index (χ1v) is 9.74. The zero-order valence-electron chi connectivity index (χ0n) is 17.3. The molecule has 0 aliphatic rings. The molecule has 4 aromatic rings. The first kappa shape index (κ1) is 20.2. The van der Waals surface area contributed by atoms with E-state index in [2.05, 4.69) is 10.3 Å². The third kappa shape index (κ3) is 4.56. The van der Waals surface area contributed by atoms with Crippen molar-refractivity contribution < 1.29 is 14.3 Å². The number of hydrogen-bond acceptors (Lipinski definition) is 5. The van der Waals surface area contributed by atoms with Crippen LogP contribution in [0.2, 0.25) is 0 Å². The van der Waals surface area contributed by atoms with Crippen LogP contribution in [-0.4, -0.2) is 34.9 Å². The van der Waals surface area contributed by atoms with Gasteiger partial charge in [-0.2, -0.15) is 5.10 Å². The van der Waals surface area contributed by atoms with E-state index in [1.54, 1.807) is 43.4 Å². The van der Waals surface area contributed by atoms with Crippen molar-refractivity contribution in [3.63, 3.8) is 0 Å². The Labute approximate surface area is 180 Å². The van der Waals surface area contributed by atoms with Crippen molar-refractivity contribution in [3.8, 4) is 22.9 Å². The molecule has 2 heterocycles. The van der Waals surface area contributed by atoms with E-state index in [1.807, 2.05) is 54.6 Å². The highest BCUT2D eigenvalue weighted by molar-refractivity contribution is 6.08. The van der Waals surface area contributed by atoms with Gasteiger partial charge in [0.2, 0.25) is 5.88 Å². The summed E-state index contributed by atoms with van der Waals surface area (Å²) in [6.45, 7) is 0.542. The Balaban J connectivity index is 1.70. The monoisotopic (exact) mass is 414 g/mol. The van der Waals surface area contributed by atoms with Gasteiger partial charge in [0.25, 0.3) is 5.91 Å². The molecule has 0 atom stereocenters. The molecule has 0 unspecified atom stereocenters. The summed E-state index contributed by atoms with van der Waals surface area (Å²) in [5.74, 6) is 0.836. The normalized spacial score (nSPS) is 10.5. The zero-order chi connectivity index (χ0) is 21.6. The quantitative estimate of drug-likeness (QED) is 0.489. The first-order valence-electron chi connectivity index (χ1n) is 9.74. The topological polar surface area (TPSA) is 78.3 Å². The van der Waals surface area contributed by atoms with Crippen LogP contribution in [0.4, 0.5) is 5.69 Å². The third-order valence-corrected chi connectivity index (χ3v) is 4.76. The van der Waals surface area contributed by atoms with Gasteiger partial charge in [-0.05, 0) is 23.8 Å². The third-order valence-electron chi connectivity index (χ3n) is 4.76. The molecule has 1 N–H and O–H groups in total. The summed E-state index contributed by atoms with van der Waals surface area (Å²) < 4.78 is 12.3. The van der Waals surface area contributed by atoms with Crippen LogP contribution in [0.15, 0.2) is 79.1 Å². The van der Waals surface area contributed by atoms with Crippen molar-refractivity contribution in [1.29, 1.82) is 0 Å². The van der Waals surface area contributed by atoms with E-state index in [-0.39, 0.29) is 5.91 Å². The van der Waals surface area contributed by atoms with Gasteiger partial charge in [-0.25, -0.2) is 4.98 Å². The summed E-state index contributed by atoms with van der Waals surface area (Å²) in [4.78, 5) is 17.3. The Morgan fingerprint density at radius 1 is 0.968 bits per heavy atom. The zero-order valence-corrected chi connectivity index (χ0v) is 17.3. The number of para-hydroxylation sites is 1. The Morgan fingerprint density at radius 3 is 2.45 bits per heavy atom. The maximum atomic E-state index is 13.2. The van der Waals surface area contributed by atoms with Gasteiger partial charge >= 0.3 is 0 Å². The van der Waals surface area contributed by atoms with Crippen LogP contribution in [0.1, 0.15) is 15.9 Å². The number of methoxy groups -OCH3 is 2. The number of hydrogen-bond donors (Lipinski definition) is 1. The van der Waals surface area contributed by atoms with Crippen LogP contribution in [-0.2, 0) is 6.54 Å². The first-order chi connectivity index (χ1) is 15.2. The van der Waals surface area contributed by atoms with Crippen LogP contribution in [0.25, 0.3) is 11.3 Å². The highest BCUT2D eigenvalue weighted by Gasteiger charge is 2.21. The number of carbonyl (C=O) groups is 1. The minimum atomic E-state index is -0.285. The molecule has 0 fully saturated rings. The maximum Gasteiger partial charge on any atom is 0.259 e. The standard InChI is InChI=1S/C24H22N4O3/c1-30-21-11-7-6-10-19(21)23-20(16-28(27-23)15-17-8-4-3-5-9-17)24(29)26-18-12-13-22(31-2)25-14-18/h3-14,16H,15H2,1-2H3,(H,26,29). The lowest BCUT2D eigenvalue weighted by molar-refractivity contribution is 0.102. The number of carbonyl (C=O) groups excluding carboxylic acids is 1. The molecule has 4 rings (SSSR count). The predicted molar refractivity (Wildman–Crippen MR) is 119 cm³/mol. The van der Waals surface area contributed by atoms with Gasteiger partial charge in [0.05, 0.1) is 38.2 Å². The van der Waals surface area contributed by atoms with E-state index in [1.165, 1.54) is 0 Å². The molecular formula is C24H22N4O3. The van der Waals surface area contributed by atoms with Gasteiger partial charge in [-0.1, -0.05) is 42.5 Å². The van der Waals surface area contributed by atoms with Crippen molar-refractivity contribution in [3.05, 3.63) is 90.3 Å². The molecule has 0 radical (unpaired) electrons. The van der Waals surface area contributed by atoms with E-state index < -0.39 is 0 Å². The summed E-state index contributed by atoms with van der Waals surface area (Å²) in [6, 6.07) is 20.9. The molecule has 0 saturated carbocycles. The van der Waals surface area contributed by atoms with Crippen molar-refractivity contribution in [2.24, 2.45) is 0 Å². The lowest BCUT2D eigenvalue weighted by atomic mass is 10.1. The molecule has 2 aromatic carbocycles. The summed E-state index contributed by atoms with van der Waals surface area (Å²) >= 11 is 0. The van der Waals surface area contributed by atoms with Crippen molar-refractivity contribution in [2.45, 2.75) is 6.54 Å². The van der Waals surface area contributed by atoms with Gasteiger partial charge in [0.1, 0.15) is 11.4 Å². The van der Waals surface area contributed by atoms with Gasteiger partial charge in [-0.15, -0.1) is 0 Å². The molecule has 0 aliphatic carbocycles. The van der Waals surface area contributed by atoms with Gasteiger partial charge in [0.15, 0.2) is 0 Å². The molecule has 7 heteroatoms. The predicted octanol–water partition coefficient (Wildman–Crippen LogP) is 4.26. The number of amides is 1. The van der Waals surface area contributed by atoms with E-state index in [4.69, 9.17) is 14.6 Å².